The fraction of sp³-hybridized carbons (Fsp3) is 0.814. The number of ether oxygens (including phenoxy) is 4. The molecule has 0 saturated heterocycles. The second-order valence-electron chi connectivity index (χ2n) is 17.2. The van der Waals surface area contributed by atoms with Crippen LogP contribution in [-0.4, -0.2) is 36.9 Å². The lowest BCUT2D eigenvalue weighted by Crippen LogP contribution is -2.44. The zero-order chi connectivity index (χ0) is 37.6. The van der Waals surface area contributed by atoms with Gasteiger partial charge in [0, 0.05) is 5.56 Å². The van der Waals surface area contributed by atoms with E-state index in [1.807, 2.05) is 48.5 Å². The third-order valence-electron chi connectivity index (χ3n) is 9.66. The van der Waals surface area contributed by atoms with Gasteiger partial charge in [-0.1, -0.05) is 86.0 Å². The van der Waals surface area contributed by atoms with Crippen LogP contribution >= 0.6 is 0 Å². The molecule has 284 valence electrons. The van der Waals surface area contributed by atoms with Gasteiger partial charge in [-0.25, -0.2) is 0 Å². The first-order valence-corrected chi connectivity index (χ1v) is 19.6. The van der Waals surface area contributed by atoms with Gasteiger partial charge in [-0.3, -0.25) is 9.59 Å². The average Bonchev–Trinajstić information content (AvgIpc) is 3.02. The number of rotatable bonds is 18. The van der Waals surface area contributed by atoms with Crippen LogP contribution in [0.4, 0.5) is 0 Å². The van der Waals surface area contributed by atoms with Crippen LogP contribution in [-0.2, 0) is 25.5 Å². The highest BCUT2D eigenvalue weighted by Crippen LogP contribution is 2.43. The minimum absolute atomic E-state index is 0.0666. The number of benzene rings is 1. The average molecular weight is 689 g/mol. The zero-order valence-corrected chi connectivity index (χ0v) is 34.6. The first kappa shape index (κ1) is 44.9. The summed E-state index contributed by atoms with van der Waals surface area (Å²) in [5.41, 5.74) is 1.67. The number of fused-ring (bicyclic) bond motifs is 1. The predicted octanol–water partition coefficient (Wildman–Crippen LogP) is 11.8. The molecule has 0 radical (unpaired) electrons. The number of esters is 2. The van der Waals surface area contributed by atoms with Gasteiger partial charge in [-0.15, -0.1) is 0 Å². The predicted molar refractivity (Wildman–Crippen MR) is 205 cm³/mol. The van der Waals surface area contributed by atoms with Gasteiger partial charge >= 0.3 is 11.9 Å². The molecule has 0 fully saturated rings. The Morgan fingerprint density at radius 1 is 0.755 bits per heavy atom. The summed E-state index contributed by atoms with van der Waals surface area (Å²) in [7, 11) is 0. The van der Waals surface area contributed by atoms with Crippen LogP contribution in [0.3, 0.4) is 0 Å². The van der Waals surface area contributed by atoms with Crippen LogP contribution < -0.4 is 9.47 Å². The number of unbranched alkanes of at least 4 members (excludes halogenated alkanes) is 4. The monoisotopic (exact) mass is 689 g/mol. The Morgan fingerprint density at radius 3 is 1.94 bits per heavy atom. The molecule has 0 bridgehead atoms. The molecule has 1 aromatic carbocycles. The van der Waals surface area contributed by atoms with Crippen molar-refractivity contribution >= 4 is 11.9 Å². The molecule has 0 saturated carbocycles. The first-order chi connectivity index (χ1) is 22.7. The Morgan fingerprint density at radius 2 is 1.35 bits per heavy atom. The summed E-state index contributed by atoms with van der Waals surface area (Å²) < 4.78 is 24.5. The molecule has 3 atom stereocenters. The van der Waals surface area contributed by atoms with Gasteiger partial charge in [0.1, 0.15) is 23.5 Å². The molecule has 6 nitrogen and oxygen atoms in total. The molecule has 1 heterocycles. The highest BCUT2D eigenvalue weighted by Gasteiger charge is 2.41. The molecule has 0 amide bonds. The molecule has 0 aliphatic carbocycles. The van der Waals surface area contributed by atoms with Gasteiger partial charge in [0.05, 0.1) is 23.7 Å². The summed E-state index contributed by atoms with van der Waals surface area (Å²) in [6, 6.07) is 0. The molecule has 1 aromatic rings. The summed E-state index contributed by atoms with van der Waals surface area (Å²) in [5, 5.41) is 0. The van der Waals surface area contributed by atoms with Crippen LogP contribution in [0.25, 0.3) is 0 Å². The van der Waals surface area contributed by atoms with E-state index in [0.717, 1.165) is 59.1 Å². The summed E-state index contributed by atoms with van der Waals surface area (Å²) in [6.07, 6.45) is 15.1. The van der Waals surface area contributed by atoms with Crippen LogP contribution in [0.15, 0.2) is 0 Å². The maximum absolute atomic E-state index is 13.8. The molecule has 2 unspecified atom stereocenters. The Kier molecular flexibility index (Phi) is 19.0. The first-order valence-electron chi connectivity index (χ1n) is 19.6. The number of hydrogen-bond acceptors (Lipinski definition) is 6. The van der Waals surface area contributed by atoms with Gasteiger partial charge in [-0.05, 0) is 123 Å². The quantitative estimate of drug-likeness (QED) is 0.0868. The lowest BCUT2D eigenvalue weighted by atomic mass is 9.89. The van der Waals surface area contributed by atoms with Crippen molar-refractivity contribution in [1.82, 2.24) is 0 Å². The van der Waals surface area contributed by atoms with E-state index in [1.54, 1.807) is 27.7 Å². The minimum Gasteiger partial charge on any atom is -0.490 e. The van der Waals surface area contributed by atoms with Crippen molar-refractivity contribution < 1.29 is 28.5 Å². The van der Waals surface area contributed by atoms with E-state index in [-0.39, 0.29) is 25.3 Å². The Balaban J connectivity index is 0.00000589. The third-order valence-corrected chi connectivity index (χ3v) is 9.66. The fourth-order valence-corrected chi connectivity index (χ4v) is 6.11. The van der Waals surface area contributed by atoms with Crippen molar-refractivity contribution in [2.24, 2.45) is 22.7 Å². The van der Waals surface area contributed by atoms with Crippen molar-refractivity contribution in [2.75, 3.05) is 13.2 Å². The van der Waals surface area contributed by atoms with Crippen molar-refractivity contribution in [3.8, 4) is 11.5 Å². The van der Waals surface area contributed by atoms with Gasteiger partial charge in [0.15, 0.2) is 0 Å². The SMILES string of the molecule is CC.Cc1c(C)c2c(c(C)c1OC(=O)C(C)(COC(=O)C(C)(C)C)COC(C)(C)C)CCC(CCCCCCC[C@H](C)CCCC(C)C)O2. The molecule has 1 aliphatic rings. The van der Waals surface area contributed by atoms with E-state index in [1.165, 1.54) is 57.8 Å². The van der Waals surface area contributed by atoms with Crippen molar-refractivity contribution in [2.45, 2.75) is 193 Å². The summed E-state index contributed by atoms with van der Waals surface area (Å²) in [6.45, 7) is 30.0. The minimum atomic E-state index is -1.18. The summed E-state index contributed by atoms with van der Waals surface area (Å²) in [5.74, 6) is 2.38. The Bertz CT molecular complexity index is 1150. The molecule has 6 heteroatoms. The Hall–Kier alpha value is -2.08. The zero-order valence-electron chi connectivity index (χ0n) is 34.6. The van der Waals surface area contributed by atoms with Crippen LogP contribution in [0.2, 0.25) is 0 Å². The molecule has 0 N–H and O–H groups in total. The van der Waals surface area contributed by atoms with Gasteiger partial charge in [0.2, 0.25) is 0 Å². The fourth-order valence-electron chi connectivity index (χ4n) is 6.11. The maximum Gasteiger partial charge on any atom is 0.323 e. The third kappa shape index (κ3) is 15.4. The highest BCUT2D eigenvalue weighted by atomic mass is 16.6. The van der Waals surface area contributed by atoms with Crippen LogP contribution in [0, 0.1) is 43.4 Å². The van der Waals surface area contributed by atoms with E-state index in [2.05, 4.69) is 27.7 Å². The van der Waals surface area contributed by atoms with Crippen LogP contribution in [0.1, 0.15) is 176 Å². The second kappa shape index (κ2) is 20.7. The van der Waals surface area contributed by atoms with Gasteiger partial charge in [0.25, 0.3) is 0 Å². The standard InChI is InChI=1S/C41H70O6.C2H6/c1-28(2)20-19-22-29(3)21-17-15-14-16-18-23-33-24-25-34-32(6)35(30(4)31(5)36(34)46-33)47-38(43)41(13,27-45-40(10,11)12)26-44-37(42)39(7,8)9;1-2/h28-29,33H,14-27H2,1-13H3;1-2H3/t29-,33?,41?;/m0./s1. The molecule has 49 heavy (non-hydrogen) atoms. The topological polar surface area (TPSA) is 71.1 Å². The van der Waals surface area contributed by atoms with Crippen LogP contribution in [0.5, 0.6) is 11.5 Å². The molecule has 2 rings (SSSR count). The van der Waals surface area contributed by atoms with Gasteiger partial charge < -0.3 is 18.9 Å². The lowest BCUT2D eigenvalue weighted by molar-refractivity contribution is -0.168. The van der Waals surface area contributed by atoms with Crippen molar-refractivity contribution in [1.29, 1.82) is 0 Å². The molecule has 0 spiro atoms. The van der Waals surface area contributed by atoms with Gasteiger partial charge in [-0.2, -0.15) is 0 Å². The summed E-state index contributed by atoms with van der Waals surface area (Å²) >= 11 is 0. The van der Waals surface area contributed by atoms with E-state index < -0.39 is 22.4 Å². The highest BCUT2D eigenvalue weighted by molar-refractivity contribution is 5.81. The molecular weight excluding hydrogens is 612 g/mol. The summed E-state index contributed by atoms with van der Waals surface area (Å²) in [4.78, 5) is 26.4. The largest absolute Gasteiger partial charge is 0.490 e. The van der Waals surface area contributed by atoms with Crippen molar-refractivity contribution in [3.63, 3.8) is 0 Å². The maximum atomic E-state index is 13.8. The van der Waals surface area contributed by atoms with E-state index in [4.69, 9.17) is 18.9 Å². The van der Waals surface area contributed by atoms with E-state index in [9.17, 15) is 9.59 Å². The second-order valence-corrected chi connectivity index (χ2v) is 17.2. The lowest BCUT2D eigenvalue weighted by Gasteiger charge is -2.33. The number of carbonyl (C=O) groups excluding carboxylic acids is 2. The number of carbonyl (C=O) groups is 2. The van der Waals surface area contributed by atoms with E-state index >= 15 is 0 Å². The molecule has 1 aliphatic heterocycles. The number of hydrogen-bond donors (Lipinski definition) is 0. The van der Waals surface area contributed by atoms with Crippen molar-refractivity contribution in [3.05, 3.63) is 22.3 Å². The van der Waals surface area contributed by atoms with E-state index in [0.29, 0.717) is 5.75 Å². The molecule has 0 aromatic heterocycles. The Labute approximate surface area is 302 Å². The molecular formula is C43H76O6. The smallest absolute Gasteiger partial charge is 0.323 e. The normalized spacial score (nSPS) is 16.5.